The van der Waals surface area contributed by atoms with E-state index in [9.17, 15) is 9.59 Å². The van der Waals surface area contributed by atoms with Crippen LogP contribution in [0.4, 0.5) is 0 Å². The molecule has 0 unspecified atom stereocenters. The molecule has 7 heterocycles. The van der Waals surface area contributed by atoms with E-state index in [4.69, 9.17) is 0 Å². The molecule has 2 aromatic carbocycles. The summed E-state index contributed by atoms with van der Waals surface area (Å²) in [5.74, 6) is 0.0262. The van der Waals surface area contributed by atoms with Gasteiger partial charge in [-0.05, 0) is 37.8 Å². The quantitative estimate of drug-likeness (QED) is 0.126. The zero-order valence-corrected chi connectivity index (χ0v) is 34.4. The predicted octanol–water partition coefficient (Wildman–Crippen LogP) is 10.7. The SMILES string of the molecule is C[Si]1(C)CCC[C@H](NC(=O)c2cc3sc(-c4ccccc4)nc3[nH]2)CC1.O=C(NC1CC[Si]2(CCCC2)CC1)c1cc2sc(-c3ccccc3)nc2[nH]1. The molecular formula is C41H50N6O2S2Si2. The molecule has 0 radical (unpaired) electrons. The number of nitrogens with zero attached hydrogens (tertiary/aromatic N) is 2. The number of amides is 2. The van der Waals surface area contributed by atoms with E-state index in [1.807, 2.05) is 48.5 Å². The summed E-state index contributed by atoms with van der Waals surface area (Å²) in [6.07, 6.45) is 8.75. The Hall–Kier alpha value is -3.85. The number of carbonyl (C=O) groups is 2. The highest BCUT2D eigenvalue weighted by Crippen LogP contribution is 2.42. The number of hydrogen-bond donors (Lipinski definition) is 4. The summed E-state index contributed by atoms with van der Waals surface area (Å²) in [6.45, 7) is 4.93. The summed E-state index contributed by atoms with van der Waals surface area (Å²) in [4.78, 5) is 41.1. The maximum Gasteiger partial charge on any atom is 0.268 e. The number of benzene rings is 2. The lowest BCUT2D eigenvalue weighted by Crippen LogP contribution is -2.43. The summed E-state index contributed by atoms with van der Waals surface area (Å²) < 4.78 is 2.07. The van der Waals surface area contributed by atoms with Crippen molar-refractivity contribution in [2.45, 2.75) is 106 Å². The maximum atomic E-state index is 12.7. The third-order valence-corrected chi connectivity index (χ3v) is 22.8. The molecule has 0 saturated carbocycles. The minimum Gasteiger partial charge on any atom is -0.348 e. The second-order valence-corrected chi connectivity index (χ2v) is 28.7. The largest absolute Gasteiger partial charge is 0.348 e. The van der Waals surface area contributed by atoms with Crippen LogP contribution in [0.1, 0.15) is 65.9 Å². The van der Waals surface area contributed by atoms with Gasteiger partial charge in [-0.15, -0.1) is 22.7 Å². The van der Waals surface area contributed by atoms with E-state index in [-0.39, 0.29) is 11.8 Å². The molecule has 0 aliphatic carbocycles. The van der Waals surface area contributed by atoms with Crippen LogP contribution >= 0.6 is 22.7 Å². The molecule has 0 bridgehead atoms. The predicted molar refractivity (Wildman–Crippen MR) is 226 cm³/mol. The average Bonchev–Trinajstić information content (AvgIpc) is 3.99. The number of aromatic nitrogens is 4. The summed E-state index contributed by atoms with van der Waals surface area (Å²) in [5, 5.41) is 8.48. The Labute approximate surface area is 321 Å². The number of nitrogens with one attached hydrogen (secondary N) is 4. The van der Waals surface area contributed by atoms with Crippen molar-refractivity contribution in [3.05, 3.63) is 84.2 Å². The first-order valence-corrected chi connectivity index (χ1v) is 27.3. The van der Waals surface area contributed by atoms with Crippen LogP contribution in [-0.4, -0.2) is 60.0 Å². The molecule has 3 aliphatic rings. The van der Waals surface area contributed by atoms with Gasteiger partial charge in [-0.1, -0.05) is 129 Å². The fourth-order valence-corrected chi connectivity index (χ4v) is 18.5. The molecule has 9 rings (SSSR count). The molecule has 53 heavy (non-hydrogen) atoms. The average molecular weight is 779 g/mol. The standard InChI is InChI=1S/C21H25N3OSSi.C20H25N3OSSi/c25-20(22-16-8-12-27(13-9-16)10-4-5-11-27)17-14-18-19(23-17)24-21(26-18)15-6-2-1-3-7-15;1-26(2)11-6-9-15(10-12-26)21-19(24)16-13-17-18(22-16)23-20(25-17)14-7-4-3-5-8-14/h1-3,6-7,14,16,23H,4-5,8-13H2,(H,22,25);3-5,7-8,13,15,22H,6,9-12H2,1-2H3,(H,21,24)/t;15-/m.0/s1. The van der Waals surface area contributed by atoms with Gasteiger partial charge in [0.1, 0.15) is 32.7 Å². The second kappa shape index (κ2) is 15.5. The van der Waals surface area contributed by atoms with E-state index in [2.05, 4.69) is 67.9 Å². The van der Waals surface area contributed by atoms with Crippen molar-refractivity contribution < 1.29 is 9.59 Å². The number of rotatable bonds is 6. The molecule has 1 spiro atoms. The molecule has 3 saturated heterocycles. The van der Waals surface area contributed by atoms with Gasteiger partial charge in [0, 0.05) is 31.3 Å². The van der Waals surface area contributed by atoms with Crippen LogP contribution in [0.2, 0.25) is 49.4 Å². The molecule has 8 nitrogen and oxygen atoms in total. The zero-order valence-electron chi connectivity index (χ0n) is 30.8. The van der Waals surface area contributed by atoms with Gasteiger partial charge < -0.3 is 20.6 Å². The highest BCUT2D eigenvalue weighted by molar-refractivity contribution is 7.22. The number of carbonyl (C=O) groups excluding carboxylic acids is 2. The normalized spacial score (nSPS) is 19.8. The Morgan fingerprint density at radius 2 is 1.09 bits per heavy atom. The highest BCUT2D eigenvalue weighted by Gasteiger charge is 2.39. The Balaban J connectivity index is 0.000000151. The van der Waals surface area contributed by atoms with E-state index < -0.39 is 16.1 Å². The van der Waals surface area contributed by atoms with Gasteiger partial charge in [0.25, 0.3) is 11.8 Å². The number of hydrogen-bond acceptors (Lipinski definition) is 6. The minimum atomic E-state index is -1.03. The van der Waals surface area contributed by atoms with Crippen LogP contribution in [0, 0.1) is 0 Å². The molecule has 2 amide bonds. The first-order valence-electron chi connectivity index (χ1n) is 19.4. The molecule has 4 aromatic heterocycles. The van der Waals surface area contributed by atoms with Gasteiger partial charge in [0.15, 0.2) is 0 Å². The monoisotopic (exact) mass is 778 g/mol. The minimum absolute atomic E-state index is 0.00262. The molecule has 1 atom stereocenters. The lowest BCUT2D eigenvalue weighted by Gasteiger charge is -2.35. The summed E-state index contributed by atoms with van der Waals surface area (Å²) >= 11 is 3.25. The molecule has 12 heteroatoms. The van der Waals surface area contributed by atoms with E-state index >= 15 is 0 Å². The lowest BCUT2D eigenvalue weighted by atomic mass is 10.1. The third kappa shape index (κ3) is 8.45. The van der Waals surface area contributed by atoms with Crippen LogP contribution in [0.15, 0.2) is 72.8 Å². The molecular weight excluding hydrogens is 729 g/mol. The van der Waals surface area contributed by atoms with Gasteiger partial charge in [0.05, 0.1) is 17.5 Å². The molecule has 4 N–H and O–H groups in total. The van der Waals surface area contributed by atoms with Crippen molar-refractivity contribution in [3.8, 4) is 21.1 Å². The number of thiazole rings is 2. The van der Waals surface area contributed by atoms with E-state index in [1.54, 1.807) is 22.7 Å². The highest BCUT2D eigenvalue weighted by atomic mass is 32.1. The van der Waals surface area contributed by atoms with Crippen molar-refractivity contribution in [2.75, 3.05) is 0 Å². The van der Waals surface area contributed by atoms with Crippen molar-refractivity contribution in [1.82, 2.24) is 30.6 Å². The summed E-state index contributed by atoms with van der Waals surface area (Å²) in [7, 11) is -1.95. The van der Waals surface area contributed by atoms with Gasteiger partial charge in [-0.25, -0.2) is 9.97 Å². The Bertz CT molecular complexity index is 2110. The molecule has 3 fully saturated rings. The summed E-state index contributed by atoms with van der Waals surface area (Å²) in [6, 6.07) is 33.5. The molecule has 276 valence electrons. The maximum absolute atomic E-state index is 12.7. The topological polar surface area (TPSA) is 116 Å². The van der Waals surface area contributed by atoms with Crippen molar-refractivity contribution in [1.29, 1.82) is 0 Å². The van der Waals surface area contributed by atoms with Crippen LogP contribution in [0.25, 0.3) is 41.8 Å². The Morgan fingerprint density at radius 1 is 0.623 bits per heavy atom. The van der Waals surface area contributed by atoms with Crippen LogP contribution < -0.4 is 10.6 Å². The van der Waals surface area contributed by atoms with Crippen molar-refractivity contribution in [3.63, 3.8) is 0 Å². The van der Waals surface area contributed by atoms with Crippen LogP contribution in [0.3, 0.4) is 0 Å². The van der Waals surface area contributed by atoms with Crippen molar-refractivity contribution >= 4 is 71.3 Å². The smallest absolute Gasteiger partial charge is 0.268 e. The van der Waals surface area contributed by atoms with Gasteiger partial charge >= 0.3 is 0 Å². The molecule has 6 aromatic rings. The van der Waals surface area contributed by atoms with E-state index in [0.717, 1.165) is 54.7 Å². The number of fused-ring (bicyclic) bond motifs is 2. The lowest BCUT2D eigenvalue weighted by molar-refractivity contribution is 0.0921. The fourth-order valence-electron chi connectivity index (χ4n) is 8.61. The van der Waals surface area contributed by atoms with E-state index in [1.165, 1.54) is 68.4 Å². The van der Waals surface area contributed by atoms with Crippen LogP contribution in [0.5, 0.6) is 0 Å². The fraction of sp³-hybridized carbons (Fsp3) is 0.415. The van der Waals surface area contributed by atoms with Crippen molar-refractivity contribution in [2.24, 2.45) is 0 Å². The van der Waals surface area contributed by atoms with E-state index in [0.29, 0.717) is 23.5 Å². The number of aromatic amines is 2. The Morgan fingerprint density at radius 3 is 1.58 bits per heavy atom. The van der Waals surface area contributed by atoms with Gasteiger partial charge in [0.2, 0.25) is 0 Å². The van der Waals surface area contributed by atoms with Gasteiger partial charge in [-0.3, -0.25) is 9.59 Å². The second-order valence-electron chi connectivity index (χ2n) is 16.3. The molecule has 3 aliphatic heterocycles. The van der Waals surface area contributed by atoms with Crippen LogP contribution in [-0.2, 0) is 0 Å². The number of H-pyrrole nitrogens is 2. The first-order chi connectivity index (χ1) is 25.7. The summed E-state index contributed by atoms with van der Waals surface area (Å²) in [5.41, 5.74) is 5.10. The third-order valence-electron chi connectivity index (χ3n) is 11.9. The zero-order chi connectivity index (χ0) is 36.4. The van der Waals surface area contributed by atoms with Gasteiger partial charge in [-0.2, -0.15) is 0 Å². The Kier molecular flexibility index (Phi) is 10.6. The first kappa shape index (κ1) is 36.1.